The molecule has 1 N–H and O–H groups in total. The van der Waals surface area contributed by atoms with E-state index in [4.69, 9.17) is 0 Å². The van der Waals surface area contributed by atoms with E-state index in [0.717, 1.165) is 79.4 Å². The molecule has 28 heavy (non-hydrogen) atoms. The molecule has 0 radical (unpaired) electrons. The number of nitrogens with zero attached hydrogens (tertiary/aromatic N) is 4. The number of hydrogen-bond donors (Lipinski definition) is 1. The number of rotatable bonds is 6. The number of pyridine rings is 1. The maximum Gasteiger partial charge on any atom is 0.259 e. The molecule has 0 aliphatic carbocycles. The highest BCUT2D eigenvalue weighted by Crippen LogP contribution is 2.25. The van der Waals surface area contributed by atoms with E-state index in [1.807, 2.05) is 32.2 Å². The lowest BCUT2D eigenvalue weighted by atomic mass is 10.2. The van der Waals surface area contributed by atoms with Gasteiger partial charge in [-0.05, 0) is 50.9 Å². The molecule has 7 heteroatoms. The maximum absolute atomic E-state index is 12.4. The van der Waals surface area contributed by atoms with Crippen molar-refractivity contribution in [2.45, 2.75) is 33.1 Å². The molecule has 0 bridgehead atoms. The van der Waals surface area contributed by atoms with Crippen LogP contribution in [0.2, 0.25) is 0 Å². The fourth-order valence-electron chi connectivity index (χ4n) is 3.79. The van der Waals surface area contributed by atoms with Crippen molar-refractivity contribution in [1.82, 2.24) is 19.9 Å². The Balaban J connectivity index is 1.24. The average molecular weight is 398 g/mol. The summed E-state index contributed by atoms with van der Waals surface area (Å²) in [5.74, 6) is 1.89. The van der Waals surface area contributed by atoms with Crippen LogP contribution in [0.15, 0.2) is 29.2 Å². The minimum absolute atomic E-state index is 0.00694. The van der Waals surface area contributed by atoms with Crippen molar-refractivity contribution in [3.63, 3.8) is 0 Å². The minimum Gasteiger partial charge on any atom is -0.354 e. The van der Waals surface area contributed by atoms with Crippen molar-refractivity contribution < 1.29 is 0 Å². The second kappa shape index (κ2) is 8.41. The Morgan fingerprint density at radius 1 is 1.14 bits per heavy atom. The third-order valence-corrected chi connectivity index (χ3v) is 6.67. The molecule has 4 rings (SSSR count). The lowest BCUT2D eigenvalue weighted by molar-refractivity contribution is 0.252. The topological polar surface area (TPSA) is 65.1 Å². The SMILES string of the molecule is Cc1sc2nc(CCCCN3CCN(c4ccccn4)CC3)[nH]c(=O)c2c1C. The van der Waals surface area contributed by atoms with Crippen LogP contribution in [0.3, 0.4) is 0 Å². The zero-order chi connectivity index (χ0) is 19.5. The Bertz CT molecular complexity index is 989. The van der Waals surface area contributed by atoms with Gasteiger partial charge in [0.25, 0.3) is 5.56 Å². The molecule has 0 unspecified atom stereocenters. The summed E-state index contributed by atoms with van der Waals surface area (Å²) in [5.41, 5.74) is 1.07. The Kier molecular flexibility index (Phi) is 5.73. The zero-order valence-corrected chi connectivity index (χ0v) is 17.4. The van der Waals surface area contributed by atoms with Crippen LogP contribution in [-0.4, -0.2) is 52.6 Å². The van der Waals surface area contributed by atoms with E-state index in [0.29, 0.717) is 0 Å². The van der Waals surface area contributed by atoms with Gasteiger partial charge in [-0.3, -0.25) is 9.69 Å². The minimum atomic E-state index is 0.00694. The fraction of sp³-hybridized carbons (Fsp3) is 0.476. The van der Waals surface area contributed by atoms with Gasteiger partial charge < -0.3 is 9.88 Å². The van der Waals surface area contributed by atoms with Crippen LogP contribution >= 0.6 is 11.3 Å². The van der Waals surface area contributed by atoms with Crippen LogP contribution in [0.4, 0.5) is 5.82 Å². The number of unbranched alkanes of at least 4 members (excludes halogenated alkanes) is 1. The maximum atomic E-state index is 12.4. The van der Waals surface area contributed by atoms with E-state index in [2.05, 4.69) is 30.8 Å². The molecule has 0 saturated carbocycles. The summed E-state index contributed by atoms with van der Waals surface area (Å²) < 4.78 is 0. The third kappa shape index (κ3) is 4.10. The second-order valence-corrected chi connectivity index (χ2v) is 8.65. The summed E-state index contributed by atoms with van der Waals surface area (Å²) >= 11 is 1.62. The van der Waals surface area contributed by atoms with Crippen LogP contribution in [0.5, 0.6) is 0 Å². The van der Waals surface area contributed by atoms with Gasteiger partial charge >= 0.3 is 0 Å². The van der Waals surface area contributed by atoms with Gasteiger partial charge in [0.05, 0.1) is 5.39 Å². The van der Waals surface area contributed by atoms with Gasteiger partial charge in [0.2, 0.25) is 0 Å². The van der Waals surface area contributed by atoms with Gasteiger partial charge in [-0.2, -0.15) is 0 Å². The van der Waals surface area contributed by atoms with Gasteiger partial charge in [-0.15, -0.1) is 11.3 Å². The average Bonchev–Trinajstić information content (AvgIpc) is 3.00. The van der Waals surface area contributed by atoms with Crippen molar-refractivity contribution in [2.24, 2.45) is 0 Å². The number of piperazine rings is 1. The van der Waals surface area contributed by atoms with Gasteiger partial charge in [0, 0.05) is 43.7 Å². The highest BCUT2D eigenvalue weighted by Gasteiger charge is 2.17. The smallest absolute Gasteiger partial charge is 0.259 e. The van der Waals surface area contributed by atoms with Gasteiger partial charge in [0.1, 0.15) is 16.5 Å². The van der Waals surface area contributed by atoms with E-state index in [9.17, 15) is 4.79 Å². The monoisotopic (exact) mass is 397 g/mol. The van der Waals surface area contributed by atoms with Gasteiger partial charge in [-0.1, -0.05) is 6.07 Å². The Labute approximate surface area is 169 Å². The van der Waals surface area contributed by atoms with Crippen molar-refractivity contribution in [3.05, 3.63) is 51.0 Å². The highest BCUT2D eigenvalue weighted by atomic mass is 32.1. The molecule has 0 spiro atoms. The molecule has 4 heterocycles. The number of hydrogen-bond acceptors (Lipinski definition) is 6. The largest absolute Gasteiger partial charge is 0.354 e. The zero-order valence-electron chi connectivity index (χ0n) is 16.6. The first-order valence-corrected chi connectivity index (χ1v) is 10.8. The highest BCUT2D eigenvalue weighted by molar-refractivity contribution is 7.18. The Hall–Kier alpha value is -2.25. The molecule has 1 aliphatic heterocycles. The first-order chi connectivity index (χ1) is 13.6. The van der Waals surface area contributed by atoms with E-state index < -0.39 is 0 Å². The number of aryl methyl sites for hydroxylation is 3. The van der Waals surface area contributed by atoms with Crippen LogP contribution in [0.25, 0.3) is 10.2 Å². The lowest BCUT2D eigenvalue weighted by Gasteiger charge is -2.35. The number of aromatic nitrogens is 3. The molecular formula is C21H27N5OS. The predicted molar refractivity (Wildman–Crippen MR) is 116 cm³/mol. The Morgan fingerprint density at radius 2 is 1.96 bits per heavy atom. The van der Waals surface area contributed by atoms with Crippen molar-refractivity contribution >= 4 is 27.4 Å². The third-order valence-electron chi connectivity index (χ3n) is 5.57. The summed E-state index contributed by atoms with van der Waals surface area (Å²) in [4.78, 5) is 31.4. The fourth-order valence-corrected chi connectivity index (χ4v) is 4.84. The van der Waals surface area contributed by atoms with Crippen molar-refractivity contribution in [3.8, 4) is 0 Å². The lowest BCUT2D eigenvalue weighted by Crippen LogP contribution is -2.46. The number of H-pyrrole nitrogens is 1. The summed E-state index contributed by atoms with van der Waals surface area (Å²) in [6.07, 6.45) is 4.84. The van der Waals surface area contributed by atoms with E-state index in [-0.39, 0.29) is 5.56 Å². The molecule has 1 fully saturated rings. The van der Waals surface area contributed by atoms with Crippen LogP contribution in [-0.2, 0) is 6.42 Å². The molecule has 6 nitrogen and oxygen atoms in total. The summed E-state index contributed by atoms with van der Waals surface area (Å²) in [6, 6.07) is 6.08. The number of thiophene rings is 1. The van der Waals surface area contributed by atoms with Crippen LogP contribution < -0.4 is 10.5 Å². The van der Waals surface area contributed by atoms with E-state index >= 15 is 0 Å². The van der Waals surface area contributed by atoms with Gasteiger partial charge in [0.15, 0.2) is 0 Å². The molecule has 0 amide bonds. The number of nitrogens with one attached hydrogen (secondary N) is 1. The van der Waals surface area contributed by atoms with Crippen molar-refractivity contribution in [1.29, 1.82) is 0 Å². The van der Waals surface area contributed by atoms with Gasteiger partial charge in [-0.25, -0.2) is 9.97 Å². The molecular weight excluding hydrogens is 370 g/mol. The predicted octanol–water partition coefficient (Wildman–Crippen LogP) is 3.14. The molecule has 1 saturated heterocycles. The summed E-state index contributed by atoms with van der Waals surface area (Å²) in [5, 5.41) is 0.761. The summed E-state index contributed by atoms with van der Waals surface area (Å²) in [6.45, 7) is 9.35. The van der Waals surface area contributed by atoms with Crippen LogP contribution in [0.1, 0.15) is 29.1 Å². The second-order valence-electron chi connectivity index (χ2n) is 7.45. The first-order valence-electron chi connectivity index (χ1n) is 9.99. The first kappa shape index (κ1) is 19.1. The molecule has 3 aromatic rings. The normalized spacial score (nSPS) is 15.4. The van der Waals surface area contributed by atoms with E-state index in [1.54, 1.807) is 11.3 Å². The molecule has 0 aromatic carbocycles. The number of fused-ring (bicyclic) bond motifs is 1. The quantitative estimate of drug-likeness (QED) is 0.648. The van der Waals surface area contributed by atoms with E-state index in [1.165, 1.54) is 4.88 Å². The number of aromatic amines is 1. The molecule has 3 aromatic heterocycles. The number of anilines is 1. The molecule has 148 valence electrons. The summed E-state index contributed by atoms with van der Waals surface area (Å²) in [7, 11) is 0. The van der Waals surface area contributed by atoms with Crippen molar-refractivity contribution in [2.75, 3.05) is 37.6 Å². The molecule has 0 atom stereocenters. The molecule has 1 aliphatic rings. The Morgan fingerprint density at radius 3 is 2.71 bits per heavy atom. The van der Waals surface area contributed by atoms with Crippen LogP contribution in [0, 0.1) is 13.8 Å². The standard InChI is InChI=1S/C21H27N5OS/c1-15-16(2)28-21-19(15)20(27)23-17(24-21)7-4-6-10-25-11-13-26(14-12-25)18-8-3-5-9-22-18/h3,5,8-9H,4,6-7,10-14H2,1-2H3,(H,23,24,27).